The van der Waals surface area contributed by atoms with Crippen molar-refractivity contribution in [1.82, 2.24) is 9.97 Å². The number of rotatable bonds is 7. The number of nitrogens with two attached hydrogens (primary N) is 2. The van der Waals surface area contributed by atoms with Gasteiger partial charge in [-0.05, 0) is 19.4 Å². The van der Waals surface area contributed by atoms with Gasteiger partial charge in [-0.15, -0.1) is 0 Å². The van der Waals surface area contributed by atoms with Gasteiger partial charge in [0.1, 0.15) is 6.04 Å². The lowest BCUT2D eigenvalue weighted by atomic mass is 10.2. The highest BCUT2D eigenvalue weighted by atomic mass is 16.5. The lowest BCUT2D eigenvalue weighted by Crippen LogP contribution is -2.34. The fraction of sp³-hybridized carbons (Fsp3) is 0.600. The molecule has 1 rings (SSSR count). The van der Waals surface area contributed by atoms with Gasteiger partial charge in [-0.2, -0.15) is 0 Å². The average molecular weight is 226 g/mol. The van der Waals surface area contributed by atoms with Crippen molar-refractivity contribution in [3.63, 3.8) is 0 Å². The summed E-state index contributed by atoms with van der Waals surface area (Å²) in [5.41, 5.74) is 11.8. The quantitative estimate of drug-likeness (QED) is 0.431. The number of hydrogen-bond donors (Lipinski definition) is 3. The Kier molecular flexibility index (Phi) is 5.52. The van der Waals surface area contributed by atoms with Crippen LogP contribution in [-0.2, 0) is 16.0 Å². The van der Waals surface area contributed by atoms with Crippen LogP contribution in [0.2, 0.25) is 0 Å². The standard InChI is InChI=1S/C10H18N4O2/c11-3-1-2-4-16-10(15)9(12)5-8-6-13-7-14-8/h6-7,9H,1-5,11-12H2,(H,13,14)/t9-/m0/s1. The van der Waals surface area contributed by atoms with Gasteiger partial charge in [0.15, 0.2) is 0 Å². The van der Waals surface area contributed by atoms with E-state index in [0.717, 1.165) is 18.5 Å². The second kappa shape index (κ2) is 6.97. The van der Waals surface area contributed by atoms with Crippen molar-refractivity contribution in [2.24, 2.45) is 11.5 Å². The molecule has 0 saturated carbocycles. The van der Waals surface area contributed by atoms with E-state index in [-0.39, 0.29) is 5.97 Å². The van der Waals surface area contributed by atoms with E-state index in [0.29, 0.717) is 19.6 Å². The van der Waals surface area contributed by atoms with Gasteiger partial charge in [0.25, 0.3) is 0 Å². The maximum Gasteiger partial charge on any atom is 0.323 e. The Balaban J connectivity index is 2.20. The molecule has 0 aliphatic rings. The number of nitrogens with zero attached hydrogens (tertiary/aromatic N) is 1. The van der Waals surface area contributed by atoms with Crippen LogP contribution in [0, 0.1) is 0 Å². The van der Waals surface area contributed by atoms with Gasteiger partial charge >= 0.3 is 5.97 Å². The van der Waals surface area contributed by atoms with Crippen molar-refractivity contribution in [3.8, 4) is 0 Å². The molecule has 0 aliphatic heterocycles. The Bertz CT molecular complexity index is 300. The number of nitrogens with one attached hydrogen (secondary N) is 1. The van der Waals surface area contributed by atoms with Gasteiger partial charge in [0.2, 0.25) is 0 Å². The number of carbonyl (C=O) groups is 1. The third-order valence-corrected chi connectivity index (χ3v) is 2.14. The Morgan fingerprint density at radius 2 is 2.38 bits per heavy atom. The van der Waals surface area contributed by atoms with Crippen LogP contribution in [0.15, 0.2) is 12.5 Å². The predicted octanol–water partition coefficient (Wildman–Crippen LogP) is -0.438. The third-order valence-electron chi connectivity index (χ3n) is 2.14. The van der Waals surface area contributed by atoms with Crippen molar-refractivity contribution in [3.05, 3.63) is 18.2 Å². The summed E-state index contributed by atoms with van der Waals surface area (Å²) in [7, 11) is 0. The molecule has 5 N–H and O–H groups in total. The van der Waals surface area contributed by atoms with Gasteiger partial charge < -0.3 is 21.2 Å². The van der Waals surface area contributed by atoms with E-state index in [1.807, 2.05) is 0 Å². The molecule has 0 unspecified atom stereocenters. The first-order valence-electron chi connectivity index (χ1n) is 5.33. The molecule has 6 heteroatoms. The summed E-state index contributed by atoms with van der Waals surface area (Å²) in [6.45, 7) is 0.991. The molecule has 0 radical (unpaired) electrons. The number of esters is 1. The van der Waals surface area contributed by atoms with Crippen molar-refractivity contribution in [1.29, 1.82) is 0 Å². The molecular formula is C10H18N4O2. The number of ether oxygens (including phenoxy) is 1. The fourth-order valence-corrected chi connectivity index (χ4v) is 1.24. The first-order chi connectivity index (χ1) is 7.74. The van der Waals surface area contributed by atoms with Crippen LogP contribution in [-0.4, -0.2) is 35.1 Å². The van der Waals surface area contributed by atoms with E-state index in [1.54, 1.807) is 12.5 Å². The fourth-order valence-electron chi connectivity index (χ4n) is 1.24. The van der Waals surface area contributed by atoms with Crippen LogP contribution in [0.1, 0.15) is 18.5 Å². The Hall–Kier alpha value is -1.40. The smallest absolute Gasteiger partial charge is 0.323 e. The molecule has 0 aliphatic carbocycles. The number of carbonyl (C=O) groups excluding carboxylic acids is 1. The summed E-state index contributed by atoms with van der Waals surface area (Å²) in [5, 5.41) is 0. The lowest BCUT2D eigenvalue weighted by Gasteiger charge is -2.10. The van der Waals surface area contributed by atoms with Gasteiger partial charge in [0, 0.05) is 18.3 Å². The molecule has 1 aromatic rings. The van der Waals surface area contributed by atoms with Gasteiger partial charge in [-0.25, -0.2) is 4.98 Å². The van der Waals surface area contributed by atoms with Crippen LogP contribution in [0.3, 0.4) is 0 Å². The summed E-state index contributed by atoms with van der Waals surface area (Å²) < 4.78 is 5.00. The molecular weight excluding hydrogens is 208 g/mol. The first kappa shape index (κ1) is 12.7. The van der Waals surface area contributed by atoms with E-state index >= 15 is 0 Å². The molecule has 90 valence electrons. The van der Waals surface area contributed by atoms with E-state index < -0.39 is 6.04 Å². The van der Waals surface area contributed by atoms with Gasteiger partial charge in [0.05, 0.1) is 12.9 Å². The van der Waals surface area contributed by atoms with E-state index in [1.165, 1.54) is 0 Å². The van der Waals surface area contributed by atoms with E-state index in [2.05, 4.69) is 9.97 Å². The molecule has 0 aromatic carbocycles. The highest BCUT2D eigenvalue weighted by molar-refractivity contribution is 5.75. The molecule has 1 aromatic heterocycles. The van der Waals surface area contributed by atoms with Gasteiger partial charge in [-0.3, -0.25) is 4.79 Å². The molecule has 0 spiro atoms. The molecule has 0 bridgehead atoms. The molecule has 0 fully saturated rings. The molecule has 1 heterocycles. The minimum absolute atomic E-state index is 0.382. The molecule has 1 atom stereocenters. The summed E-state index contributed by atoms with van der Waals surface area (Å²) >= 11 is 0. The zero-order valence-corrected chi connectivity index (χ0v) is 9.19. The highest BCUT2D eigenvalue weighted by Gasteiger charge is 2.15. The summed E-state index contributed by atoms with van der Waals surface area (Å²) in [6, 6.07) is -0.640. The molecule has 6 nitrogen and oxygen atoms in total. The number of imidazole rings is 1. The predicted molar refractivity (Wildman–Crippen MR) is 59.5 cm³/mol. The summed E-state index contributed by atoms with van der Waals surface area (Å²) in [4.78, 5) is 18.1. The van der Waals surface area contributed by atoms with Crippen LogP contribution < -0.4 is 11.5 Å². The first-order valence-corrected chi connectivity index (χ1v) is 5.33. The van der Waals surface area contributed by atoms with E-state index in [9.17, 15) is 4.79 Å². The third kappa shape index (κ3) is 4.41. The Labute approximate surface area is 94.4 Å². The van der Waals surface area contributed by atoms with Crippen molar-refractivity contribution < 1.29 is 9.53 Å². The number of aromatic nitrogens is 2. The number of aromatic amines is 1. The van der Waals surface area contributed by atoms with E-state index in [4.69, 9.17) is 16.2 Å². The normalized spacial score (nSPS) is 12.4. The molecule has 0 saturated heterocycles. The zero-order chi connectivity index (χ0) is 11.8. The average Bonchev–Trinajstić information content (AvgIpc) is 2.76. The SMILES string of the molecule is NCCCCOC(=O)[C@@H](N)Cc1cnc[nH]1. The largest absolute Gasteiger partial charge is 0.465 e. The Morgan fingerprint density at radius 1 is 1.56 bits per heavy atom. The van der Waals surface area contributed by atoms with Crippen LogP contribution >= 0.6 is 0 Å². The second-order valence-corrected chi connectivity index (χ2v) is 3.55. The molecule has 0 amide bonds. The lowest BCUT2D eigenvalue weighted by molar-refractivity contribution is -0.145. The van der Waals surface area contributed by atoms with Crippen LogP contribution in [0.5, 0.6) is 0 Å². The molecule has 16 heavy (non-hydrogen) atoms. The van der Waals surface area contributed by atoms with Crippen LogP contribution in [0.25, 0.3) is 0 Å². The topological polar surface area (TPSA) is 107 Å². The number of H-pyrrole nitrogens is 1. The number of hydrogen-bond acceptors (Lipinski definition) is 5. The summed E-state index contributed by atoms with van der Waals surface area (Å²) in [5.74, 6) is -0.383. The van der Waals surface area contributed by atoms with Crippen molar-refractivity contribution >= 4 is 5.97 Å². The zero-order valence-electron chi connectivity index (χ0n) is 9.19. The van der Waals surface area contributed by atoms with Crippen molar-refractivity contribution in [2.45, 2.75) is 25.3 Å². The minimum atomic E-state index is -0.640. The maximum absolute atomic E-state index is 11.4. The van der Waals surface area contributed by atoms with Gasteiger partial charge in [-0.1, -0.05) is 0 Å². The Morgan fingerprint density at radius 3 is 3.00 bits per heavy atom. The monoisotopic (exact) mass is 226 g/mol. The minimum Gasteiger partial charge on any atom is -0.465 e. The highest BCUT2D eigenvalue weighted by Crippen LogP contribution is 1.99. The maximum atomic E-state index is 11.4. The summed E-state index contributed by atoms with van der Waals surface area (Å²) in [6.07, 6.45) is 5.23. The number of unbranched alkanes of at least 4 members (excludes halogenated alkanes) is 1. The second-order valence-electron chi connectivity index (χ2n) is 3.55. The van der Waals surface area contributed by atoms with Crippen molar-refractivity contribution in [2.75, 3.05) is 13.2 Å². The van der Waals surface area contributed by atoms with Crippen LogP contribution in [0.4, 0.5) is 0 Å².